The molecule has 0 spiro atoms. The first-order valence-corrected chi connectivity index (χ1v) is 8.25. The van der Waals surface area contributed by atoms with Crippen molar-refractivity contribution >= 4 is 29.1 Å². The monoisotopic (exact) mass is 330 g/mol. The van der Waals surface area contributed by atoms with Crippen molar-refractivity contribution in [3.63, 3.8) is 0 Å². The van der Waals surface area contributed by atoms with E-state index in [2.05, 4.69) is 0 Å². The summed E-state index contributed by atoms with van der Waals surface area (Å²) >= 11 is 11.9. The van der Waals surface area contributed by atoms with E-state index in [1.165, 1.54) is 0 Å². The average Bonchev–Trinajstić information content (AvgIpc) is 2.48. The molecule has 0 heterocycles. The Morgan fingerprint density at radius 3 is 2.48 bits per heavy atom. The number of nitrogens with two attached hydrogens (primary N) is 1. The molecule has 1 rings (SSSR count). The molecule has 0 aliphatic carbocycles. The average molecular weight is 331 g/mol. The Labute approximate surface area is 137 Å². The Bertz CT molecular complexity index is 452. The second kappa shape index (κ2) is 10.0. The molecule has 0 saturated carbocycles. The predicted octanol–water partition coefficient (Wildman–Crippen LogP) is 4.25. The second-order valence-corrected chi connectivity index (χ2v) is 5.92. The molecule has 0 bridgehead atoms. The van der Waals surface area contributed by atoms with Gasteiger partial charge in [0.1, 0.15) is 0 Å². The molecular weight excluding hydrogens is 307 g/mol. The Hall–Kier alpha value is -0.770. The molecule has 0 atom stereocenters. The van der Waals surface area contributed by atoms with Crippen molar-refractivity contribution in [3.8, 4) is 0 Å². The second-order valence-electron chi connectivity index (χ2n) is 5.11. The number of unbranched alkanes of at least 4 members (excludes halogenated alkanes) is 3. The highest BCUT2D eigenvalue weighted by Gasteiger charge is 2.12. The number of amides is 1. The van der Waals surface area contributed by atoms with Crippen LogP contribution >= 0.6 is 23.2 Å². The fourth-order valence-corrected chi connectivity index (χ4v) is 2.49. The number of halogens is 2. The highest BCUT2D eigenvalue weighted by Crippen LogP contribution is 2.23. The summed E-state index contributed by atoms with van der Waals surface area (Å²) < 4.78 is 0. The Morgan fingerprint density at radius 1 is 1.14 bits per heavy atom. The molecule has 0 radical (unpaired) electrons. The minimum atomic E-state index is 0.191. The van der Waals surface area contributed by atoms with Crippen LogP contribution in [0.4, 0.5) is 0 Å². The van der Waals surface area contributed by atoms with Gasteiger partial charge in [0, 0.05) is 19.5 Å². The first-order chi connectivity index (χ1) is 10.1. The Balaban J connectivity index is 2.45. The van der Waals surface area contributed by atoms with Crippen molar-refractivity contribution in [3.05, 3.63) is 33.8 Å². The zero-order chi connectivity index (χ0) is 15.7. The van der Waals surface area contributed by atoms with Crippen LogP contribution in [0.25, 0.3) is 0 Å². The van der Waals surface area contributed by atoms with E-state index in [1.54, 1.807) is 6.07 Å². The van der Waals surface area contributed by atoms with Crippen molar-refractivity contribution in [2.75, 3.05) is 13.1 Å². The summed E-state index contributed by atoms with van der Waals surface area (Å²) in [5.74, 6) is 0.191. The molecule has 2 N–H and O–H groups in total. The summed E-state index contributed by atoms with van der Waals surface area (Å²) in [5, 5.41) is 1.06. The van der Waals surface area contributed by atoms with Crippen LogP contribution in [0.5, 0.6) is 0 Å². The molecule has 5 heteroatoms. The maximum absolute atomic E-state index is 12.2. The molecule has 0 aliphatic heterocycles. The highest BCUT2D eigenvalue weighted by molar-refractivity contribution is 6.42. The number of carbonyl (C=O) groups excluding carboxylic acids is 1. The van der Waals surface area contributed by atoms with Gasteiger partial charge in [-0.25, -0.2) is 0 Å². The van der Waals surface area contributed by atoms with Gasteiger partial charge < -0.3 is 10.6 Å². The molecule has 0 aromatic heterocycles. The minimum absolute atomic E-state index is 0.191. The van der Waals surface area contributed by atoms with Crippen LogP contribution in [0.2, 0.25) is 10.0 Å². The number of hydrogen-bond donors (Lipinski definition) is 1. The highest BCUT2D eigenvalue weighted by atomic mass is 35.5. The van der Waals surface area contributed by atoms with E-state index in [-0.39, 0.29) is 5.91 Å². The molecular formula is C16H24Cl2N2O. The van der Waals surface area contributed by atoms with Crippen LogP contribution in [0.15, 0.2) is 18.2 Å². The van der Waals surface area contributed by atoms with Crippen molar-refractivity contribution in [2.45, 2.75) is 45.6 Å². The molecule has 0 unspecified atom stereocenters. The zero-order valence-electron chi connectivity index (χ0n) is 12.6. The Morgan fingerprint density at radius 2 is 1.86 bits per heavy atom. The van der Waals surface area contributed by atoms with Crippen molar-refractivity contribution < 1.29 is 4.79 Å². The molecule has 0 saturated heterocycles. The van der Waals surface area contributed by atoms with E-state index in [4.69, 9.17) is 28.9 Å². The fourth-order valence-electron chi connectivity index (χ4n) is 2.17. The van der Waals surface area contributed by atoms with Crippen LogP contribution in [0.1, 0.15) is 44.6 Å². The lowest BCUT2D eigenvalue weighted by Crippen LogP contribution is -2.30. The quantitative estimate of drug-likeness (QED) is 0.688. The summed E-state index contributed by atoms with van der Waals surface area (Å²) in [4.78, 5) is 14.1. The van der Waals surface area contributed by atoms with Gasteiger partial charge >= 0.3 is 0 Å². The number of nitrogens with zero attached hydrogens (tertiary/aromatic N) is 1. The van der Waals surface area contributed by atoms with Gasteiger partial charge in [-0.3, -0.25) is 4.79 Å². The standard InChI is InChI=1S/C16H24Cl2N2O/c1-2-20(16(21)7-5-3-4-6-10-19)12-13-8-9-14(17)15(18)11-13/h8-9,11H,2-7,10,12,19H2,1H3. The molecule has 1 amide bonds. The van der Waals surface area contributed by atoms with E-state index in [0.717, 1.165) is 37.8 Å². The van der Waals surface area contributed by atoms with Gasteiger partial charge in [-0.05, 0) is 44.0 Å². The van der Waals surface area contributed by atoms with Crippen LogP contribution in [0.3, 0.4) is 0 Å². The van der Waals surface area contributed by atoms with Crippen LogP contribution < -0.4 is 5.73 Å². The van der Waals surface area contributed by atoms with Crippen LogP contribution in [0, 0.1) is 0 Å². The molecule has 3 nitrogen and oxygen atoms in total. The molecule has 21 heavy (non-hydrogen) atoms. The summed E-state index contributed by atoms with van der Waals surface area (Å²) in [6.45, 7) is 3.99. The largest absolute Gasteiger partial charge is 0.339 e. The summed E-state index contributed by atoms with van der Waals surface area (Å²) in [6.07, 6.45) is 4.72. The van der Waals surface area contributed by atoms with Gasteiger partial charge in [0.05, 0.1) is 10.0 Å². The maximum atomic E-state index is 12.2. The summed E-state index contributed by atoms with van der Waals surface area (Å²) in [5.41, 5.74) is 6.46. The smallest absolute Gasteiger partial charge is 0.222 e. The van der Waals surface area contributed by atoms with E-state index >= 15 is 0 Å². The molecule has 1 aromatic rings. The van der Waals surface area contributed by atoms with E-state index < -0.39 is 0 Å². The molecule has 0 fully saturated rings. The van der Waals surface area contributed by atoms with Crippen LogP contribution in [-0.2, 0) is 11.3 Å². The predicted molar refractivity (Wildman–Crippen MR) is 89.7 cm³/mol. The zero-order valence-corrected chi connectivity index (χ0v) is 14.1. The SMILES string of the molecule is CCN(Cc1ccc(Cl)c(Cl)c1)C(=O)CCCCCCN. The van der Waals surface area contributed by atoms with Gasteiger partial charge in [-0.1, -0.05) is 42.1 Å². The van der Waals surface area contributed by atoms with Gasteiger partial charge in [0.15, 0.2) is 0 Å². The van der Waals surface area contributed by atoms with Crippen molar-refractivity contribution in [1.82, 2.24) is 4.90 Å². The molecule has 1 aromatic carbocycles. The summed E-state index contributed by atoms with van der Waals surface area (Å²) in [6, 6.07) is 5.50. The first kappa shape index (κ1) is 18.3. The van der Waals surface area contributed by atoms with E-state index in [1.807, 2.05) is 24.0 Å². The molecule has 118 valence electrons. The van der Waals surface area contributed by atoms with Gasteiger partial charge in [-0.2, -0.15) is 0 Å². The number of carbonyl (C=O) groups is 1. The van der Waals surface area contributed by atoms with Gasteiger partial charge in [0.25, 0.3) is 0 Å². The van der Waals surface area contributed by atoms with Crippen LogP contribution in [-0.4, -0.2) is 23.9 Å². The van der Waals surface area contributed by atoms with E-state index in [0.29, 0.717) is 29.6 Å². The van der Waals surface area contributed by atoms with E-state index in [9.17, 15) is 4.79 Å². The number of rotatable bonds is 9. The topological polar surface area (TPSA) is 46.3 Å². The first-order valence-electron chi connectivity index (χ1n) is 7.50. The lowest BCUT2D eigenvalue weighted by Gasteiger charge is -2.21. The van der Waals surface area contributed by atoms with Gasteiger partial charge in [0.2, 0.25) is 5.91 Å². The number of benzene rings is 1. The van der Waals surface area contributed by atoms with Gasteiger partial charge in [-0.15, -0.1) is 0 Å². The fraction of sp³-hybridized carbons (Fsp3) is 0.562. The third-order valence-electron chi connectivity index (χ3n) is 3.44. The lowest BCUT2D eigenvalue weighted by atomic mass is 10.1. The third-order valence-corrected chi connectivity index (χ3v) is 4.18. The van der Waals surface area contributed by atoms with Crippen molar-refractivity contribution in [2.24, 2.45) is 5.73 Å². The maximum Gasteiger partial charge on any atom is 0.222 e. The lowest BCUT2D eigenvalue weighted by molar-refractivity contribution is -0.131. The summed E-state index contributed by atoms with van der Waals surface area (Å²) in [7, 11) is 0. The third kappa shape index (κ3) is 6.68. The van der Waals surface area contributed by atoms with Crippen molar-refractivity contribution in [1.29, 1.82) is 0 Å². The minimum Gasteiger partial charge on any atom is -0.339 e. The molecule has 0 aliphatic rings. The Kier molecular flexibility index (Phi) is 8.74. The number of hydrogen-bond acceptors (Lipinski definition) is 2. The normalized spacial score (nSPS) is 10.7.